The molecule has 1 spiro atoms. The zero-order chi connectivity index (χ0) is 12.6. The van der Waals surface area contributed by atoms with E-state index in [-0.39, 0.29) is 5.60 Å². The summed E-state index contributed by atoms with van der Waals surface area (Å²) >= 11 is 0. The van der Waals surface area contributed by atoms with E-state index in [2.05, 4.69) is 5.32 Å². The summed E-state index contributed by atoms with van der Waals surface area (Å²) < 4.78 is 28.7. The minimum atomic E-state index is -2.73. The van der Waals surface area contributed by atoms with Gasteiger partial charge in [0, 0.05) is 12.6 Å². The molecule has 5 heteroatoms. The van der Waals surface area contributed by atoms with Gasteiger partial charge >= 0.3 is 0 Å². The average molecular weight is 273 g/mol. The number of ether oxygens (including phenoxy) is 1. The summed E-state index contributed by atoms with van der Waals surface area (Å²) in [6, 6.07) is 0.530. The summed E-state index contributed by atoms with van der Waals surface area (Å²) in [7, 11) is -2.73. The number of hydrogen-bond donors (Lipinski definition) is 1. The Morgan fingerprint density at radius 3 is 2.72 bits per heavy atom. The summed E-state index contributed by atoms with van der Waals surface area (Å²) in [5.41, 5.74) is 0.178. The third kappa shape index (κ3) is 2.73. The molecule has 3 aliphatic rings. The molecule has 0 aromatic heterocycles. The van der Waals surface area contributed by atoms with Gasteiger partial charge in [0.2, 0.25) is 0 Å². The van der Waals surface area contributed by atoms with Gasteiger partial charge in [0.25, 0.3) is 0 Å². The van der Waals surface area contributed by atoms with Crippen LogP contribution in [0.3, 0.4) is 0 Å². The molecule has 18 heavy (non-hydrogen) atoms. The second-order valence-corrected chi connectivity index (χ2v) is 8.48. The molecular weight excluding hydrogens is 250 g/mol. The summed E-state index contributed by atoms with van der Waals surface area (Å²) in [4.78, 5) is 0. The minimum Gasteiger partial charge on any atom is -0.375 e. The second-order valence-electron chi connectivity index (χ2n) is 6.25. The number of hydrogen-bond acceptors (Lipinski definition) is 4. The van der Waals surface area contributed by atoms with Crippen molar-refractivity contribution >= 4 is 9.84 Å². The molecule has 1 saturated carbocycles. The van der Waals surface area contributed by atoms with Crippen LogP contribution in [0.2, 0.25) is 0 Å². The molecule has 2 unspecified atom stereocenters. The van der Waals surface area contributed by atoms with Crippen LogP contribution in [0.25, 0.3) is 0 Å². The molecule has 3 fully saturated rings. The molecule has 0 aromatic carbocycles. The predicted molar refractivity (Wildman–Crippen MR) is 70.3 cm³/mol. The first-order chi connectivity index (χ1) is 8.57. The van der Waals surface area contributed by atoms with Crippen LogP contribution in [-0.2, 0) is 14.6 Å². The lowest BCUT2D eigenvalue weighted by atomic mass is 9.74. The van der Waals surface area contributed by atoms with E-state index < -0.39 is 9.84 Å². The highest BCUT2D eigenvalue weighted by molar-refractivity contribution is 7.91. The number of nitrogens with one attached hydrogen (secondary N) is 1. The van der Waals surface area contributed by atoms with E-state index in [1.54, 1.807) is 0 Å². The lowest BCUT2D eigenvalue weighted by Crippen LogP contribution is -2.51. The first-order valence-electron chi connectivity index (χ1n) is 7.15. The summed E-state index contributed by atoms with van der Waals surface area (Å²) in [5, 5.41) is 3.58. The number of sulfone groups is 1. The average Bonchev–Trinajstić information content (AvgIpc) is 2.65. The zero-order valence-corrected chi connectivity index (χ0v) is 11.7. The van der Waals surface area contributed by atoms with E-state index in [0.717, 1.165) is 32.4 Å². The van der Waals surface area contributed by atoms with Gasteiger partial charge in [-0.1, -0.05) is 0 Å². The fourth-order valence-corrected chi connectivity index (χ4v) is 5.35. The molecule has 1 N–H and O–H groups in total. The fraction of sp³-hybridized carbons (Fsp3) is 1.00. The Morgan fingerprint density at radius 1 is 1.28 bits per heavy atom. The minimum absolute atomic E-state index is 0.178. The molecule has 1 aliphatic carbocycles. The molecule has 3 rings (SSSR count). The molecule has 0 aromatic rings. The highest BCUT2D eigenvalue weighted by Crippen LogP contribution is 2.42. The lowest BCUT2D eigenvalue weighted by Gasteiger charge is -2.47. The summed E-state index contributed by atoms with van der Waals surface area (Å²) in [5.74, 6) is 1.10. The van der Waals surface area contributed by atoms with Gasteiger partial charge in [0.15, 0.2) is 9.84 Å². The van der Waals surface area contributed by atoms with Gasteiger partial charge in [-0.25, -0.2) is 8.42 Å². The van der Waals surface area contributed by atoms with E-state index in [1.165, 1.54) is 19.3 Å². The molecule has 2 aliphatic heterocycles. The zero-order valence-electron chi connectivity index (χ0n) is 10.9. The Kier molecular flexibility index (Phi) is 3.41. The fourth-order valence-electron chi connectivity index (χ4n) is 3.49. The molecule has 0 bridgehead atoms. The quantitative estimate of drug-likeness (QED) is 0.837. The Balaban J connectivity index is 1.46. The van der Waals surface area contributed by atoms with Crippen molar-refractivity contribution in [2.75, 3.05) is 24.7 Å². The standard InChI is InChI=1S/C13H23NO3S/c15-18(16)7-3-11(10-18)9-14-12-2-6-17-13(8-12)4-1-5-13/h11-12,14H,1-10H2. The van der Waals surface area contributed by atoms with Crippen molar-refractivity contribution in [1.29, 1.82) is 0 Å². The van der Waals surface area contributed by atoms with Crippen LogP contribution in [0.5, 0.6) is 0 Å². The van der Waals surface area contributed by atoms with Gasteiger partial charge < -0.3 is 10.1 Å². The van der Waals surface area contributed by atoms with Crippen molar-refractivity contribution in [3.8, 4) is 0 Å². The van der Waals surface area contributed by atoms with Crippen LogP contribution in [0.15, 0.2) is 0 Å². The normalized spacial score (nSPS) is 37.6. The molecule has 4 nitrogen and oxygen atoms in total. The molecular formula is C13H23NO3S. The van der Waals surface area contributed by atoms with Crippen LogP contribution in [-0.4, -0.2) is 44.7 Å². The topological polar surface area (TPSA) is 55.4 Å². The maximum Gasteiger partial charge on any atom is 0.150 e. The predicted octanol–water partition coefficient (Wildman–Crippen LogP) is 1.11. The molecule has 2 saturated heterocycles. The van der Waals surface area contributed by atoms with Crippen LogP contribution >= 0.6 is 0 Å². The van der Waals surface area contributed by atoms with E-state index in [0.29, 0.717) is 23.5 Å². The lowest BCUT2D eigenvalue weighted by molar-refractivity contribution is -0.135. The molecule has 2 heterocycles. The SMILES string of the molecule is O=S1(=O)CCC(CNC2CCOC3(CCC3)C2)C1. The van der Waals surface area contributed by atoms with E-state index >= 15 is 0 Å². The largest absolute Gasteiger partial charge is 0.375 e. The summed E-state index contributed by atoms with van der Waals surface area (Å²) in [6.45, 7) is 1.72. The monoisotopic (exact) mass is 273 g/mol. The van der Waals surface area contributed by atoms with Gasteiger partial charge in [-0.2, -0.15) is 0 Å². The van der Waals surface area contributed by atoms with Crippen molar-refractivity contribution in [2.24, 2.45) is 5.92 Å². The van der Waals surface area contributed by atoms with Crippen LogP contribution < -0.4 is 5.32 Å². The van der Waals surface area contributed by atoms with Crippen LogP contribution in [0.1, 0.15) is 38.5 Å². The van der Waals surface area contributed by atoms with E-state index in [1.807, 2.05) is 0 Å². The third-order valence-corrected chi connectivity index (χ3v) is 6.62. The van der Waals surface area contributed by atoms with Gasteiger partial charge in [-0.05, 0) is 51.0 Å². The first kappa shape index (κ1) is 12.9. The van der Waals surface area contributed by atoms with Crippen LogP contribution in [0.4, 0.5) is 0 Å². The highest BCUT2D eigenvalue weighted by atomic mass is 32.2. The highest BCUT2D eigenvalue weighted by Gasteiger charge is 2.42. The van der Waals surface area contributed by atoms with Crippen molar-refractivity contribution < 1.29 is 13.2 Å². The first-order valence-corrected chi connectivity index (χ1v) is 8.97. The molecule has 104 valence electrons. The van der Waals surface area contributed by atoms with Crippen molar-refractivity contribution in [2.45, 2.75) is 50.2 Å². The maximum absolute atomic E-state index is 11.4. The Labute approximate surface area is 109 Å². The Bertz CT molecular complexity index is 402. The van der Waals surface area contributed by atoms with Gasteiger partial charge in [-0.3, -0.25) is 0 Å². The molecule has 0 radical (unpaired) electrons. The van der Waals surface area contributed by atoms with E-state index in [9.17, 15) is 8.42 Å². The Morgan fingerprint density at radius 2 is 2.11 bits per heavy atom. The van der Waals surface area contributed by atoms with Gasteiger partial charge in [0.05, 0.1) is 17.1 Å². The van der Waals surface area contributed by atoms with Crippen molar-refractivity contribution in [1.82, 2.24) is 5.32 Å². The third-order valence-electron chi connectivity index (χ3n) is 4.78. The van der Waals surface area contributed by atoms with Gasteiger partial charge in [-0.15, -0.1) is 0 Å². The van der Waals surface area contributed by atoms with Crippen molar-refractivity contribution in [3.05, 3.63) is 0 Å². The van der Waals surface area contributed by atoms with Gasteiger partial charge in [0.1, 0.15) is 0 Å². The van der Waals surface area contributed by atoms with Crippen molar-refractivity contribution in [3.63, 3.8) is 0 Å². The molecule has 2 atom stereocenters. The smallest absolute Gasteiger partial charge is 0.150 e. The molecule has 0 amide bonds. The maximum atomic E-state index is 11.4. The second kappa shape index (κ2) is 4.76. The summed E-state index contributed by atoms with van der Waals surface area (Å²) in [6.07, 6.45) is 6.75. The van der Waals surface area contributed by atoms with E-state index in [4.69, 9.17) is 4.74 Å². The number of rotatable bonds is 3. The van der Waals surface area contributed by atoms with Crippen LogP contribution in [0, 0.1) is 5.92 Å². The Hall–Kier alpha value is -0.130.